The Bertz CT molecular complexity index is 216. The molecule has 0 aromatic heterocycles. The summed E-state index contributed by atoms with van der Waals surface area (Å²) in [5.41, 5.74) is 0. The van der Waals surface area contributed by atoms with Gasteiger partial charge in [0.25, 0.3) is 0 Å². The van der Waals surface area contributed by atoms with Crippen LogP contribution in [-0.4, -0.2) is 26.6 Å². The topological polar surface area (TPSA) is 46.2 Å². The van der Waals surface area contributed by atoms with Gasteiger partial charge in [-0.05, 0) is 19.3 Å². The standard InChI is InChI=1S/C8H18ClNO2S/c1-3-8(5-6-9)7-10-13(11,12)4-2/h8,10H,3-7H2,1-2H3. The van der Waals surface area contributed by atoms with Crippen molar-refractivity contribution >= 4 is 21.6 Å². The molecule has 0 bridgehead atoms. The Morgan fingerprint density at radius 2 is 2.00 bits per heavy atom. The molecule has 80 valence electrons. The maximum absolute atomic E-state index is 11.1. The predicted molar refractivity (Wildman–Crippen MR) is 56.6 cm³/mol. The van der Waals surface area contributed by atoms with E-state index in [0.717, 1.165) is 12.8 Å². The Hall–Kier alpha value is 0.200. The molecular weight excluding hydrogens is 210 g/mol. The lowest BCUT2D eigenvalue weighted by atomic mass is 10.0. The number of halogens is 1. The molecule has 5 heteroatoms. The molecule has 1 N–H and O–H groups in total. The normalized spacial score (nSPS) is 14.4. The van der Waals surface area contributed by atoms with Crippen LogP contribution in [0.2, 0.25) is 0 Å². The summed E-state index contributed by atoms with van der Waals surface area (Å²) in [4.78, 5) is 0. The highest BCUT2D eigenvalue weighted by atomic mass is 35.5. The first kappa shape index (κ1) is 13.2. The molecule has 0 spiro atoms. The summed E-state index contributed by atoms with van der Waals surface area (Å²) < 4.78 is 24.7. The molecule has 0 heterocycles. The predicted octanol–water partition coefficient (Wildman–Crippen LogP) is 1.58. The first-order valence-corrected chi connectivity index (χ1v) is 6.77. The zero-order chi connectivity index (χ0) is 10.3. The number of sulfonamides is 1. The van der Waals surface area contributed by atoms with Crippen molar-refractivity contribution in [1.82, 2.24) is 4.72 Å². The van der Waals surface area contributed by atoms with Crippen LogP contribution in [0.25, 0.3) is 0 Å². The molecule has 1 unspecified atom stereocenters. The molecule has 0 saturated carbocycles. The molecule has 0 radical (unpaired) electrons. The Kier molecular flexibility index (Phi) is 6.73. The van der Waals surface area contributed by atoms with Crippen LogP contribution in [0.15, 0.2) is 0 Å². The summed E-state index contributed by atoms with van der Waals surface area (Å²) in [6, 6.07) is 0. The fraction of sp³-hybridized carbons (Fsp3) is 1.00. The van der Waals surface area contributed by atoms with E-state index >= 15 is 0 Å². The maximum Gasteiger partial charge on any atom is 0.211 e. The van der Waals surface area contributed by atoms with Crippen LogP contribution in [0.4, 0.5) is 0 Å². The summed E-state index contributed by atoms with van der Waals surface area (Å²) in [6.07, 6.45) is 1.82. The summed E-state index contributed by atoms with van der Waals surface area (Å²) in [6.45, 7) is 4.18. The molecule has 0 saturated heterocycles. The van der Waals surface area contributed by atoms with Crippen LogP contribution in [0.3, 0.4) is 0 Å². The van der Waals surface area contributed by atoms with Gasteiger partial charge in [-0.2, -0.15) is 0 Å². The van der Waals surface area contributed by atoms with Gasteiger partial charge in [-0.1, -0.05) is 13.3 Å². The molecule has 0 aromatic rings. The molecule has 0 aliphatic rings. The molecule has 0 aromatic carbocycles. The van der Waals surface area contributed by atoms with E-state index in [2.05, 4.69) is 4.72 Å². The van der Waals surface area contributed by atoms with Crippen LogP contribution in [0.1, 0.15) is 26.7 Å². The van der Waals surface area contributed by atoms with Crippen LogP contribution in [-0.2, 0) is 10.0 Å². The van der Waals surface area contributed by atoms with Crippen LogP contribution in [0, 0.1) is 5.92 Å². The molecule has 0 fully saturated rings. The van der Waals surface area contributed by atoms with Crippen molar-refractivity contribution in [3.63, 3.8) is 0 Å². The van der Waals surface area contributed by atoms with E-state index in [1.54, 1.807) is 6.92 Å². The van der Waals surface area contributed by atoms with Gasteiger partial charge in [-0.15, -0.1) is 11.6 Å². The van der Waals surface area contributed by atoms with E-state index in [-0.39, 0.29) is 5.75 Å². The maximum atomic E-state index is 11.1. The Morgan fingerprint density at radius 1 is 1.38 bits per heavy atom. The van der Waals surface area contributed by atoms with Gasteiger partial charge in [0, 0.05) is 12.4 Å². The monoisotopic (exact) mass is 227 g/mol. The number of hydrogen-bond acceptors (Lipinski definition) is 2. The largest absolute Gasteiger partial charge is 0.215 e. The molecule has 1 atom stereocenters. The van der Waals surface area contributed by atoms with Crippen molar-refractivity contribution in [1.29, 1.82) is 0 Å². The van der Waals surface area contributed by atoms with E-state index in [0.29, 0.717) is 18.3 Å². The van der Waals surface area contributed by atoms with Crippen LogP contribution < -0.4 is 4.72 Å². The van der Waals surface area contributed by atoms with Gasteiger partial charge in [0.15, 0.2) is 0 Å². The first-order valence-electron chi connectivity index (χ1n) is 4.59. The number of rotatable bonds is 7. The van der Waals surface area contributed by atoms with Gasteiger partial charge >= 0.3 is 0 Å². The average molecular weight is 228 g/mol. The van der Waals surface area contributed by atoms with E-state index in [9.17, 15) is 8.42 Å². The quantitative estimate of drug-likeness (QED) is 0.672. The summed E-state index contributed by atoms with van der Waals surface area (Å²) in [5.74, 6) is 1.09. The lowest BCUT2D eigenvalue weighted by molar-refractivity contribution is 0.481. The summed E-state index contributed by atoms with van der Waals surface area (Å²) in [7, 11) is -3.04. The number of alkyl halides is 1. The van der Waals surface area contributed by atoms with Gasteiger partial charge in [0.1, 0.15) is 0 Å². The Morgan fingerprint density at radius 3 is 2.38 bits per heavy atom. The third-order valence-corrected chi connectivity index (χ3v) is 3.65. The lowest BCUT2D eigenvalue weighted by Gasteiger charge is -2.13. The molecule has 3 nitrogen and oxygen atoms in total. The Labute approximate surface area is 85.9 Å². The van der Waals surface area contributed by atoms with Crippen LogP contribution >= 0.6 is 11.6 Å². The fourth-order valence-corrected chi connectivity index (χ4v) is 1.95. The van der Waals surface area contributed by atoms with E-state index < -0.39 is 10.0 Å². The third-order valence-electron chi connectivity index (χ3n) is 2.07. The van der Waals surface area contributed by atoms with E-state index in [4.69, 9.17) is 11.6 Å². The van der Waals surface area contributed by atoms with E-state index in [1.165, 1.54) is 0 Å². The minimum atomic E-state index is -3.04. The van der Waals surface area contributed by atoms with Crippen molar-refractivity contribution in [2.75, 3.05) is 18.2 Å². The molecule has 0 aliphatic heterocycles. The second-order valence-corrected chi connectivity index (χ2v) is 5.48. The minimum Gasteiger partial charge on any atom is -0.215 e. The van der Waals surface area contributed by atoms with Crippen molar-refractivity contribution in [3.8, 4) is 0 Å². The van der Waals surface area contributed by atoms with Gasteiger partial charge in [0.05, 0.1) is 5.75 Å². The second-order valence-electron chi connectivity index (χ2n) is 3.00. The molecule has 0 aliphatic carbocycles. The highest BCUT2D eigenvalue weighted by molar-refractivity contribution is 7.89. The Balaban J connectivity index is 3.84. The highest BCUT2D eigenvalue weighted by Crippen LogP contribution is 2.08. The smallest absolute Gasteiger partial charge is 0.211 e. The van der Waals surface area contributed by atoms with Crippen molar-refractivity contribution in [2.24, 2.45) is 5.92 Å². The van der Waals surface area contributed by atoms with Gasteiger partial charge in [-0.3, -0.25) is 0 Å². The molecular formula is C8H18ClNO2S. The number of hydrogen-bond donors (Lipinski definition) is 1. The minimum absolute atomic E-state index is 0.143. The second kappa shape index (κ2) is 6.62. The lowest BCUT2D eigenvalue weighted by Crippen LogP contribution is -2.30. The fourth-order valence-electron chi connectivity index (χ4n) is 0.952. The van der Waals surface area contributed by atoms with Crippen LogP contribution in [0.5, 0.6) is 0 Å². The summed E-state index contributed by atoms with van der Waals surface area (Å²) >= 11 is 5.58. The molecule has 0 rings (SSSR count). The van der Waals surface area contributed by atoms with Gasteiger partial charge < -0.3 is 0 Å². The summed E-state index contributed by atoms with van der Waals surface area (Å²) in [5, 5.41) is 0. The first-order chi connectivity index (χ1) is 6.05. The number of nitrogens with one attached hydrogen (secondary N) is 1. The van der Waals surface area contributed by atoms with E-state index in [1.807, 2.05) is 6.92 Å². The highest BCUT2D eigenvalue weighted by Gasteiger charge is 2.10. The SMILES string of the molecule is CCC(CCCl)CNS(=O)(=O)CC. The van der Waals surface area contributed by atoms with Gasteiger partial charge in [-0.25, -0.2) is 13.1 Å². The van der Waals surface area contributed by atoms with Crippen molar-refractivity contribution < 1.29 is 8.42 Å². The van der Waals surface area contributed by atoms with Crippen molar-refractivity contribution in [3.05, 3.63) is 0 Å². The molecule has 13 heavy (non-hydrogen) atoms. The van der Waals surface area contributed by atoms with Gasteiger partial charge in [0.2, 0.25) is 10.0 Å². The average Bonchev–Trinajstić information content (AvgIpc) is 2.12. The zero-order valence-corrected chi connectivity index (χ0v) is 9.79. The van der Waals surface area contributed by atoms with Crippen molar-refractivity contribution in [2.45, 2.75) is 26.7 Å². The molecule has 0 amide bonds. The third kappa shape index (κ3) is 6.29. The zero-order valence-electron chi connectivity index (χ0n) is 8.22.